The number of carbonyl (C=O) groups excluding carboxylic acids is 1. The van der Waals surface area contributed by atoms with Gasteiger partial charge in [0.15, 0.2) is 0 Å². The van der Waals surface area contributed by atoms with Gasteiger partial charge in [0.2, 0.25) is 0 Å². The van der Waals surface area contributed by atoms with Crippen molar-refractivity contribution in [3.05, 3.63) is 36.7 Å². The van der Waals surface area contributed by atoms with Crippen LogP contribution in [-0.2, 0) is 0 Å². The highest BCUT2D eigenvalue weighted by atomic mass is 32.2. The van der Waals surface area contributed by atoms with Gasteiger partial charge in [0.1, 0.15) is 0 Å². The van der Waals surface area contributed by atoms with Gasteiger partial charge in [-0.2, -0.15) is 0 Å². The predicted molar refractivity (Wildman–Crippen MR) is 79.4 cm³/mol. The number of hydrogen-bond acceptors (Lipinski definition) is 5. The molecule has 7 heteroatoms. The minimum absolute atomic E-state index is 0.253. The predicted octanol–water partition coefficient (Wildman–Crippen LogP) is 2.85. The van der Waals surface area contributed by atoms with Gasteiger partial charge in [-0.25, -0.2) is 14.8 Å². The van der Waals surface area contributed by atoms with E-state index in [1.807, 2.05) is 30.5 Å². The smallest absolute Gasteiger partial charge is 0.323 e. The summed E-state index contributed by atoms with van der Waals surface area (Å²) in [5, 5.41) is 5.39. The van der Waals surface area contributed by atoms with Crippen LogP contribution < -0.4 is 15.4 Å². The number of urea groups is 1. The number of benzene rings is 1. The first-order valence-corrected chi connectivity index (χ1v) is 7.02. The first-order chi connectivity index (χ1) is 9.71. The lowest BCUT2D eigenvalue weighted by Gasteiger charge is -2.08. The molecule has 20 heavy (non-hydrogen) atoms. The van der Waals surface area contributed by atoms with Gasteiger partial charge in [0.25, 0.3) is 0 Å². The molecule has 0 spiro atoms. The molecule has 0 bridgehead atoms. The number of ether oxygens (including phenoxy) is 1. The molecule has 0 aliphatic heterocycles. The van der Waals surface area contributed by atoms with Gasteiger partial charge in [0.05, 0.1) is 25.2 Å². The molecule has 2 amide bonds. The minimum Gasteiger partial charge on any atom is -0.467 e. The van der Waals surface area contributed by atoms with Crippen molar-refractivity contribution >= 4 is 29.2 Å². The maximum Gasteiger partial charge on any atom is 0.323 e. The zero-order valence-electron chi connectivity index (χ0n) is 11.1. The highest BCUT2D eigenvalue weighted by Crippen LogP contribution is 2.19. The number of thioether (sulfide) groups is 1. The Labute approximate surface area is 121 Å². The van der Waals surface area contributed by atoms with Gasteiger partial charge in [-0.15, -0.1) is 11.8 Å². The van der Waals surface area contributed by atoms with Crippen molar-refractivity contribution in [1.29, 1.82) is 0 Å². The van der Waals surface area contributed by atoms with Crippen LogP contribution >= 0.6 is 11.8 Å². The molecule has 2 aromatic rings. The van der Waals surface area contributed by atoms with E-state index >= 15 is 0 Å². The summed E-state index contributed by atoms with van der Waals surface area (Å²) in [6.07, 6.45) is 4.93. The normalized spacial score (nSPS) is 9.90. The summed E-state index contributed by atoms with van der Waals surface area (Å²) in [6, 6.07) is 7.49. The van der Waals surface area contributed by atoms with Crippen LogP contribution in [0.2, 0.25) is 0 Å². The number of nitrogens with one attached hydrogen (secondary N) is 2. The molecule has 0 saturated heterocycles. The number of methoxy groups -OCH3 is 1. The van der Waals surface area contributed by atoms with E-state index in [1.165, 1.54) is 19.5 Å². The highest BCUT2D eigenvalue weighted by molar-refractivity contribution is 7.98. The topological polar surface area (TPSA) is 76.1 Å². The molecule has 1 aromatic carbocycles. The van der Waals surface area contributed by atoms with Crippen LogP contribution in [0.5, 0.6) is 6.01 Å². The summed E-state index contributed by atoms with van der Waals surface area (Å²) >= 11 is 1.61. The fraction of sp³-hybridized carbons (Fsp3) is 0.154. The van der Waals surface area contributed by atoms with Crippen molar-refractivity contribution in [3.63, 3.8) is 0 Å². The van der Waals surface area contributed by atoms with Gasteiger partial charge in [-0.05, 0) is 24.5 Å². The first kappa shape index (κ1) is 14.1. The Balaban J connectivity index is 1.97. The number of rotatable bonds is 4. The molecule has 0 fully saturated rings. The number of anilines is 2. The average molecular weight is 290 g/mol. The zero-order valence-corrected chi connectivity index (χ0v) is 11.9. The lowest BCUT2D eigenvalue weighted by atomic mass is 10.3. The number of amides is 2. The number of hydrogen-bond donors (Lipinski definition) is 2. The van der Waals surface area contributed by atoms with Crippen LogP contribution in [0.15, 0.2) is 41.6 Å². The van der Waals surface area contributed by atoms with E-state index in [-0.39, 0.29) is 12.0 Å². The van der Waals surface area contributed by atoms with E-state index in [4.69, 9.17) is 4.74 Å². The van der Waals surface area contributed by atoms with Crippen molar-refractivity contribution in [1.82, 2.24) is 9.97 Å². The molecule has 2 rings (SSSR count). The quantitative estimate of drug-likeness (QED) is 0.847. The molecule has 6 nitrogen and oxygen atoms in total. The van der Waals surface area contributed by atoms with E-state index in [2.05, 4.69) is 20.6 Å². The molecule has 0 atom stereocenters. The molecule has 104 valence electrons. The Hall–Kier alpha value is -2.28. The first-order valence-electron chi connectivity index (χ1n) is 5.79. The Kier molecular flexibility index (Phi) is 4.78. The van der Waals surface area contributed by atoms with Crippen LogP contribution in [-0.4, -0.2) is 29.4 Å². The zero-order chi connectivity index (χ0) is 14.4. The van der Waals surface area contributed by atoms with Gasteiger partial charge < -0.3 is 15.4 Å². The van der Waals surface area contributed by atoms with Crippen LogP contribution in [0.25, 0.3) is 0 Å². The minimum atomic E-state index is -0.350. The molecule has 0 saturated carbocycles. The van der Waals surface area contributed by atoms with Crippen molar-refractivity contribution < 1.29 is 9.53 Å². The summed E-state index contributed by atoms with van der Waals surface area (Å²) in [5.41, 5.74) is 1.22. The molecule has 0 radical (unpaired) electrons. The molecular formula is C13H14N4O2S. The van der Waals surface area contributed by atoms with Crippen molar-refractivity contribution in [2.24, 2.45) is 0 Å². The van der Waals surface area contributed by atoms with Gasteiger partial charge >= 0.3 is 12.0 Å². The van der Waals surface area contributed by atoms with Crippen LogP contribution in [0, 0.1) is 0 Å². The van der Waals surface area contributed by atoms with E-state index in [0.29, 0.717) is 5.69 Å². The highest BCUT2D eigenvalue weighted by Gasteiger charge is 2.04. The molecule has 0 unspecified atom stereocenters. The van der Waals surface area contributed by atoms with E-state index < -0.39 is 0 Å². The fourth-order valence-corrected chi connectivity index (χ4v) is 1.94. The van der Waals surface area contributed by atoms with E-state index in [9.17, 15) is 4.79 Å². The second-order valence-corrected chi connectivity index (χ2v) is 4.65. The van der Waals surface area contributed by atoms with Crippen LogP contribution in [0.4, 0.5) is 16.2 Å². The van der Waals surface area contributed by atoms with Crippen molar-refractivity contribution in [3.8, 4) is 6.01 Å². The second-order valence-electron chi connectivity index (χ2n) is 3.77. The van der Waals surface area contributed by atoms with Gasteiger partial charge in [-0.3, -0.25) is 0 Å². The second kappa shape index (κ2) is 6.76. The fourth-order valence-electron chi connectivity index (χ4n) is 1.48. The maximum absolute atomic E-state index is 11.8. The Morgan fingerprint density at radius 3 is 2.55 bits per heavy atom. The Morgan fingerprint density at radius 2 is 1.90 bits per heavy atom. The van der Waals surface area contributed by atoms with E-state index in [0.717, 1.165) is 10.6 Å². The van der Waals surface area contributed by atoms with Gasteiger partial charge in [-0.1, -0.05) is 6.07 Å². The SMILES string of the molecule is COc1ncc(NC(=O)Nc2cccc(SC)c2)cn1. The Bertz CT molecular complexity index is 589. The maximum atomic E-state index is 11.8. The Morgan fingerprint density at radius 1 is 1.20 bits per heavy atom. The van der Waals surface area contributed by atoms with Crippen molar-refractivity contribution in [2.75, 3.05) is 24.0 Å². The van der Waals surface area contributed by atoms with Crippen LogP contribution in [0.1, 0.15) is 0 Å². The molecule has 1 aromatic heterocycles. The third-order valence-electron chi connectivity index (χ3n) is 2.40. The summed E-state index contributed by atoms with van der Waals surface area (Å²) in [5.74, 6) is 0. The number of carbonyl (C=O) groups is 1. The molecular weight excluding hydrogens is 276 g/mol. The summed E-state index contributed by atoms with van der Waals surface area (Å²) in [7, 11) is 1.48. The monoisotopic (exact) mass is 290 g/mol. The lowest BCUT2D eigenvalue weighted by molar-refractivity contribution is 0.262. The standard InChI is InChI=1S/C13H14N4O2S/c1-19-13-14-7-10(8-15-13)17-12(18)16-9-4-3-5-11(6-9)20-2/h3-8H,1-2H3,(H2,16,17,18). The number of aromatic nitrogens is 2. The average Bonchev–Trinajstić information content (AvgIpc) is 2.48. The van der Waals surface area contributed by atoms with Crippen molar-refractivity contribution in [2.45, 2.75) is 4.90 Å². The third-order valence-corrected chi connectivity index (χ3v) is 3.12. The van der Waals surface area contributed by atoms with Gasteiger partial charge in [0, 0.05) is 10.6 Å². The molecule has 0 aliphatic carbocycles. The van der Waals surface area contributed by atoms with Crippen LogP contribution in [0.3, 0.4) is 0 Å². The third kappa shape index (κ3) is 3.86. The molecule has 2 N–H and O–H groups in total. The summed E-state index contributed by atoms with van der Waals surface area (Å²) in [6.45, 7) is 0. The van der Waals surface area contributed by atoms with E-state index in [1.54, 1.807) is 11.8 Å². The lowest BCUT2D eigenvalue weighted by Crippen LogP contribution is -2.19. The molecule has 0 aliphatic rings. The number of nitrogens with zero attached hydrogens (tertiary/aromatic N) is 2. The largest absolute Gasteiger partial charge is 0.467 e. The summed E-state index contributed by atoms with van der Waals surface area (Å²) in [4.78, 5) is 20.7. The molecule has 1 heterocycles. The summed E-state index contributed by atoms with van der Waals surface area (Å²) < 4.78 is 4.84.